The molecule has 0 unspecified atom stereocenters. The molecule has 0 saturated carbocycles. The van der Waals surface area contributed by atoms with Crippen LogP contribution in [0.15, 0.2) is 82.7 Å². The van der Waals surface area contributed by atoms with Gasteiger partial charge in [0.1, 0.15) is 0 Å². The Kier molecular flexibility index (Phi) is 5.88. The molecule has 4 aromatic rings. The Morgan fingerprint density at radius 1 is 1.07 bits per heavy atom. The lowest BCUT2D eigenvalue weighted by Gasteiger charge is -2.14. The third kappa shape index (κ3) is 4.25. The van der Waals surface area contributed by atoms with Crippen LogP contribution in [0.3, 0.4) is 0 Å². The number of fused-ring (bicyclic) bond motifs is 1. The van der Waals surface area contributed by atoms with Gasteiger partial charge in [0.25, 0.3) is 5.56 Å². The molecule has 0 bridgehead atoms. The summed E-state index contributed by atoms with van der Waals surface area (Å²) in [5.41, 5.74) is 2.63. The normalized spacial score (nSPS) is 10.9. The van der Waals surface area contributed by atoms with Gasteiger partial charge in [0.05, 0.1) is 22.3 Å². The van der Waals surface area contributed by atoms with Crippen molar-refractivity contribution in [2.75, 3.05) is 11.1 Å². The summed E-state index contributed by atoms with van der Waals surface area (Å²) in [5, 5.41) is 4.34. The number of hydrogen-bond acceptors (Lipinski definition) is 4. The number of nitrogens with zero attached hydrogens (tertiary/aromatic N) is 2. The van der Waals surface area contributed by atoms with E-state index in [2.05, 4.69) is 10.3 Å². The molecule has 1 amide bonds. The highest BCUT2D eigenvalue weighted by molar-refractivity contribution is 7.99. The van der Waals surface area contributed by atoms with E-state index in [4.69, 9.17) is 11.6 Å². The van der Waals surface area contributed by atoms with Gasteiger partial charge < -0.3 is 5.32 Å². The van der Waals surface area contributed by atoms with Crippen LogP contribution in [0.5, 0.6) is 0 Å². The molecule has 5 nitrogen and oxygen atoms in total. The third-order valence-electron chi connectivity index (χ3n) is 4.55. The predicted molar refractivity (Wildman–Crippen MR) is 123 cm³/mol. The molecule has 3 aromatic carbocycles. The number of thioether (sulfide) groups is 1. The highest BCUT2D eigenvalue weighted by atomic mass is 35.5. The summed E-state index contributed by atoms with van der Waals surface area (Å²) in [5.74, 6) is -0.0682. The van der Waals surface area contributed by atoms with Gasteiger partial charge in [-0.05, 0) is 48.9 Å². The lowest BCUT2D eigenvalue weighted by Crippen LogP contribution is -2.23. The van der Waals surface area contributed by atoms with Crippen LogP contribution in [0, 0.1) is 6.92 Å². The molecule has 0 spiro atoms. The summed E-state index contributed by atoms with van der Waals surface area (Å²) in [4.78, 5) is 30.3. The van der Waals surface area contributed by atoms with E-state index in [0.29, 0.717) is 26.8 Å². The lowest BCUT2D eigenvalue weighted by molar-refractivity contribution is -0.113. The van der Waals surface area contributed by atoms with Crippen molar-refractivity contribution >= 4 is 45.9 Å². The smallest absolute Gasteiger partial charge is 0.266 e. The van der Waals surface area contributed by atoms with Crippen LogP contribution in [0.1, 0.15) is 5.56 Å². The quantitative estimate of drug-likeness (QED) is 0.351. The van der Waals surface area contributed by atoms with Crippen LogP contribution in [0.2, 0.25) is 5.02 Å². The number of aryl methyl sites for hydroxylation is 1. The lowest BCUT2D eigenvalue weighted by atomic mass is 10.2. The van der Waals surface area contributed by atoms with Crippen molar-refractivity contribution < 1.29 is 4.79 Å². The predicted octanol–water partition coefficient (Wildman–Crippen LogP) is 5.08. The SMILES string of the molecule is Cc1ccc(-n2c(SCC(=O)Nc3ccccc3)nc3ccccc3c2=O)cc1Cl. The van der Waals surface area contributed by atoms with Gasteiger partial charge in [-0.15, -0.1) is 0 Å². The molecule has 150 valence electrons. The second-order valence-corrected chi connectivity index (χ2v) is 8.04. The number of para-hydroxylation sites is 2. The first kappa shape index (κ1) is 20.2. The molecule has 0 aliphatic carbocycles. The number of carbonyl (C=O) groups excluding carboxylic acids is 1. The van der Waals surface area contributed by atoms with E-state index in [1.165, 1.54) is 16.3 Å². The van der Waals surface area contributed by atoms with Crippen molar-refractivity contribution in [2.24, 2.45) is 0 Å². The minimum atomic E-state index is -0.202. The summed E-state index contributed by atoms with van der Waals surface area (Å²) in [7, 11) is 0. The maximum Gasteiger partial charge on any atom is 0.266 e. The molecule has 0 aliphatic rings. The van der Waals surface area contributed by atoms with Crippen molar-refractivity contribution in [3.05, 3.63) is 93.7 Å². The number of benzene rings is 3. The fourth-order valence-corrected chi connectivity index (χ4v) is 3.99. The highest BCUT2D eigenvalue weighted by Gasteiger charge is 2.15. The second kappa shape index (κ2) is 8.73. The second-order valence-electron chi connectivity index (χ2n) is 6.69. The molecule has 4 rings (SSSR count). The average Bonchev–Trinajstić information content (AvgIpc) is 2.75. The number of nitrogens with one attached hydrogen (secondary N) is 1. The van der Waals surface area contributed by atoms with E-state index < -0.39 is 0 Å². The summed E-state index contributed by atoms with van der Waals surface area (Å²) in [6.07, 6.45) is 0. The molecule has 0 fully saturated rings. The van der Waals surface area contributed by atoms with Gasteiger partial charge in [0, 0.05) is 10.7 Å². The molecule has 1 heterocycles. The fraction of sp³-hybridized carbons (Fsp3) is 0.0870. The molecule has 0 atom stereocenters. The molecule has 30 heavy (non-hydrogen) atoms. The highest BCUT2D eigenvalue weighted by Crippen LogP contribution is 2.24. The van der Waals surface area contributed by atoms with Gasteiger partial charge in [-0.2, -0.15) is 0 Å². The molecule has 1 N–H and O–H groups in total. The average molecular weight is 436 g/mol. The van der Waals surface area contributed by atoms with E-state index in [1.54, 1.807) is 24.3 Å². The summed E-state index contributed by atoms with van der Waals surface area (Å²) < 4.78 is 1.51. The van der Waals surface area contributed by atoms with Gasteiger partial charge in [0.15, 0.2) is 5.16 Å². The van der Waals surface area contributed by atoms with E-state index in [9.17, 15) is 9.59 Å². The number of carbonyl (C=O) groups is 1. The minimum Gasteiger partial charge on any atom is -0.325 e. The van der Waals surface area contributed by atoms with Gasteiger partial charge in [0.2, 0.25) is 5.91 Å². The van der Waals surface area contributed by atoms with Crippen LogP contribution < -0.4 is 10.9 Å². The molecule has 0 saturated heterocycles. The largest absolute Gasteiger partial charge is 0.325 e. The first-order chi connectivity index (χ1) is 14.5. The summed E-state index contributed by atoms with van der Waals surface area (Å²) >= 11 is 7.50. The Morgan fingerprint density at radius 3 is 2.57 bits per heavy atom. The number of aromatic nitrogens is 2. The van der Waals surface area contributed by atoms with Gasteiger partial charge in [-0.1, -0.05) is 59.8 Å². The summed E-state index contributed by atoms with van der Waals surface area (Å²) in [6.45, 7) is 1.90. The topological polar surface area (TPSA) is 64.0 Å². The van der Waals surface area contributed by atoms with Crippen LogP contribution in [0.4, 0.5) is 5.69 Å². The Hall–Kier alpha value is -3.09. The zero-order valence-corrected chi connectivity index (χ0v) is 17.7. The minimum absolute atomic E-state index is 0.110. The standard InChI is InChI=1S/C23H18ClN3O2S/c1-15-11-12-17(13-19(15)24)27-22(29)18-9-5-6-10-20(18)26-23(27)30-14-21(28)25-16-7-3-2-4-8-16/h2-13H,14H2,1H3,(H,25,28). The molecular weight excluding hydrogens is 418 g/mol. The Labute approximate surface area is 182 Å². The van der Waals surface area contributed by atoms with Crippen LogP contribution in [-0.4, -0.2) is 21.2 Å². The molecular formula is C23H18ClN3O2S. The first-order valence-corrected chi connectivity index (χ1v) is 10.7. The van der Waals surface area contributed by atoms with E-state index in [1.807, 2.05) is 55.5 Å². The molecule has 0 aliphatic heterocycles. The maximum atomic E-state index is 13.2. The number of hydrogen-bond donors (Lipinski definition) is 1. The zero-order valence-electron chi connectivity index (χ0n) is 16.1. The van der Waals surface area contributed by atoms with Crippen molar-refractivity contribution in [3.8, 4) is 5.69 Å². The van der Waals surface area contributed by atoms with Crippen LogP contribution >= 0.6 is 23.4 Å². The Bertz CT molecular complexity index is 1290. The molecule has 1 aromatic heterocycles. The van der Waals surface area contributed by atoms with Crippen LogP contribution in [0.25, 0.3) is 16.6 Å². The maximum absolute atomic E-state index is 13.2. The van der Waals surface area contributed by atoms with Gasteiger partial charge in [-0.25, -0.2) is 4.98 Å². The molecule has 7 heteroatoms. The molecule has 0 radical (unpaired) electrons. The number of amides is 1. The zero-order chi connectivity index (χ0) is 21.1. The monoisotopic (exact) mass is 435 g/mol. The van der Waals surface area contributed by atoms with E-state index in [0.717, 1.165) is 11.3 Å². The van der Waals surface area contributed by atoms with Crippen molar-refractivity contribution in [3.63, 3.8) is 0 Å². The van der Waals surface area contributed by atoms with Crippen molar-refractivity contribution in [2.45, 2.75) is 12.1 Å². The number of halogens is 1. The number of anilines is 1. The van der Waals surface area contributed by atoms with Gasteiger partial charge in [-0.3, -0.25) is 14.2 Å². The van der Waals surface area contributed by atoms with Gasteiger partial charge >= 0.3 is 0 Å². The van der Waals surface area contributed by atoms with E-state index in [-0.39, 0.29) is 17.2 Å². The third-order valence-corrected chi connectivity index (χ3v) is 5.89. The number of rotatable bonds is 5. The summed E-state index contributed by atoms with van der Waals surface area (Å²) in [6, 6.07) is 21.8. The van der Waals surface area contributed by atoms with Crippen LogP contribution in [-0.2, 0) is 4.79 Å². The fourth-order valence-electron chi connectivity index (χ4n) is 3.01. The first-order valence-electron chi connectivity index (χ1n) is 9.29. The Balaban J connectivity index is 1.71. The Morgan fingerprint density at radius 2 is 1.80 bits per heavy atom. The van der Waals surface area contributed by atoms with Crippen molar-refractivity contribution in [1.29, 1.82) is 0 Å². The van der Waals surface area contributed by atoms with E-state index >= 15 is 0 Å². The van der Waals surface area contributed by atoms with Crippen molar-refractivity contribution in [1.82, 2.24) is 9.55 Å².